The molecule has 0 spiro atoms. The maximum Gasteiger partial charge on any atom is 0.0934 e. The predicted molar refractivity (Wildman–Crippen MR) is 75.5 cm³/mol. The molecule has 2 heterocycles. The maximum absolute atomic E-state index is 9.03. The van der Waals surface area contributed by atoms with Crippen molar-refractivity contribution in [3.63, 3.8) is 0 Å². The molecule has 0 saturated carbocycles. The third-order valence-electron chi connectivity index (χ3n) is 3.47. The van der Waals surface area contributed by atoms with Gasteiger partial charge in [0.05, 0.1) is 22.6 Å². The molecule has 0 aliphatic carbocycles. The average molecular weight is 243 g/mol. The zero-order valence-electron chi connectivity index (χ0n) is 10.0. The Hall–Kier alpha value is -2.86. The first-order valence-electron chi connectivity index (χ1n) is 6.08. The Morgan fingerprint density at radius 2 is 1.74 bits per heavy atom. The van der Waals surface area contributed by atoms with Crippen LogP contribution in [0.1, 0.15) is 0 Å². The SMILES string of the molecule is N#C/C=c1/c2ccccc2n2nc3ccccc3c12. The number of aromatic nitrogens is 2. The van der Waals surface area contributed by atoms with E-state index in [0.717, 1.165) is 32.5 Å². The van der Waals surface area contributed by atoms with Crippen molar-refractivity contribution in [1.29, 1.82) is 5.26 Å². The summed E-state index contributed by atoms with van der Waals surface area (Å²) in [5, 5.41) is 16.8. The summed E-state index contributed by atoms with van der Waals surface area (Å²) in [7, 11) is 0. The average Bonchev–Trinajstić information content (AvgIpc) is 2.96. The van der Waals surface area contributed by atoms with Crippen LogP contribution >= 0.6 is 0 Å². The third kappa shape index (κ3) is 1.23. The van der Waals surface area contributed by atoms with Crippen molar-refractivity contribution in [1.82, 2.24) is 9.61 Å². The summed E-state index contributed by atoms with van der Waals surface area (Å²) in [5.74, 6) is 0. The van der Waals surface area contributed by atoms with E-state index in [1.54, 1.807) is 6.08 Å². The van der Waals surface area contributed by atoms with Crippen LogP contribution in [0, 0.1) is 11.3 Å². The van der Waals surface area contributed by atoms with Gasteiger partial charge in [-0.2, -0.15) is 10.4 Å². The molecule has 0 atom stereocenters. The van der Waals surface area contributed by atoms with Gasteiger partial charge in [-0.1, -0.05) is 36.4 Å². The van der Waals surface area contributed by atoms with E-state index in [-0.39, 0.29) is 0 Å². The molecule has 88 valence electrons. The number of hydrogen-bond acceptors (Lipinski definition) is 2. The lowest BCUT2D eigenvalue weighted by molar-refractivity contribution is 1.04. The molecule has 0 amide bonds. The molecule has 19 heavy (non-hydrogen) atoms. The summed E-state index contributed by atoms with van der Waals surface area (Å²) < 4.78 is 1.93. The van der Waals surface area contributed by atoms with E-state index in [4.69, 9.17) is 5.26 Å². The number of nitrogens with zero attached hydrogens (tertiary/aromatic N) is 3. The highest BCUT2D eigenvalue weighted by atomic mass is 15.2. The highest BCUT2D eigenvalue weighted by Gasteiger charge is 2.12. The van der Waals surface area contributed by atoms with E-state index in [1.807, 2.05) is 53.0 Å². The maximum atomic E-state index is 9.03. The molecule has 0 bridgehead atoms. The van der Waals surface area contributed by atoms with Crippen molar-refractivity contribution >= 4 is 33.4 Å². The number of hydrogen-bond donors (Lipinski definition) is 0. The molecule has 3 nitrogen and oxygen atoms in total. The van der Waals surface area contributed by atoms with Gasteiger partial charge in [0.1, 0.15) is 0 Å². The molecule has 4 rings (SSSR count). The normalized spacial score (nSPS) is 12.5. The molecule has 0 aliphatic heterocycles. The molecule has 0 saturated heterocycles. The number of para-hydroxylation sites is 1. The Morgan fingerprint density at radius 3 is 2.58 bits per heavy atom. The first-order valence-corrected chi connectivity index (χ1v) is 6.08. The van der Waals surface area contributed by atoms with Crippen LogP contribution in [0.4, 0.5) is 0 Å². The smallest absolute Gasteiger partial charge is 0.0934 e. The van der Waals surface area contributed by atoms with Gasteiger partial charge >= 0.3 is 0 Å². The van der Waals surface area contributed by atoms with Gasteiger partial charge in [0.2, 0.25) is 0 Å². The van der Waals surface area contributed by atoms with Gasteiger partial charge in [-0.3, -0.25) is 0 Å². The van der Waals surface area contributed by atoms with Crippen molar-refractivity contribution in [3.05, 3.63) is 53.7 Å². The van der Waals surface area contributed by atoms with E-state index < -0.39 is 0 Å². The van der Waals surface area contributed by atoms with Crippen molar-refractivity contribution in [2.75, 3.05) is 0 Å². The molecule has 0 N–H and O–H groups in total. The summed E-state index contributed by atoms with van der Waals surface area (Å²) in [6.07, 6.45) is 1.60. The summed E-state index contributed by atoms with van der Waals surface area (Å²) >= 11 is 0. The molecule has 0 unspecified atom stereocenters. The van der Waals surface area contributed by atoms with Crippen LogP contribution in [0.25, 0.3) is 33.4 Å². The molecule has 2 aromatic heterocycles. The first-order chi connectivity index (χ1) is 9.40. The topological polar surface area (TPSA) is 41.1 Å². The van der Waals surface area contributed by atoms with Crippen molar-refractivity contribution in [3.8, 4) is 6.07 Å². The number of benzene rings is 2. The van der Waals surface area contributed by atoms with Gasteiger partial charge in [0, 0.05) is 22.1 Å². The fourth-order valence-corrected chi connectivity index (χ4v) is 2.69. The lowest BCUT2D eigenvalue weighted by atomic mass is 10.1. The van der Waals surface area contributed by atoms with Crippen molar-refractivity contribution in [2.45, 2.75) is 0 Å². The Balaban J connectivity index is 2.44. The van der Waals surface area contributed by atoms with Gasteiger partial charge in [-0.25, -0.2) is 4.52 Å². The lowest BCUT2D eigenvalue weighted by Gasteiger charge is -1.89. The molecule has 2 aromatic carbocycles. The molecular weight excluding hydrogens is 234 g/mol. The monoisotopic (exact) mass is 243 g/mol. The van der Waals surface area contributed by atoms with Crippen LogP contribution < -0.4 is 5.22 Å². The Kier molecular flexibility index (Phi) is 1.89. The van der Waals surface area contributed by atoms with Crippen LogP contribution in [0.5, 0.6) is 0 Å². The predicted octanol–water partition coefficient (Wildman–Crippen LogP) is 2.66. The second kappa shape index (κ2) is 3.56. The summed E-state index contributed by atoms with van der Waals surface area (Å²) in [6, 6.07) is 18.2. The highest BCUT2D eigenvalue weighted by Crippen LogP contribution is 2.22. The minimum Gasteiger partial charge on any atom is -0.231 e. The molecule has 3 heteroatoms. The quantitative estimate of drug-likeness (QED) is 0.476. The first kappa shape index (κ1) is 10.1. The van der Waals surface area contributed by atoms with Gasteiger partial charge in [0.15, 0.2) is 0 Å². The fraction of sp³-hybridized carbons (Fsp3) is 0. The van der Waals surface area contributed by atoms with Crippen LogP contribution in [0.3, 0.4) is 0 Å². The standard InChI is InChI=1S/C16H9N3/c17-10-9-12-11-5-2-4-8-15(11)19-16(12)13-6-1-3-7-14(13)18-19/h1-9H/b12-9-. The number of nitriles is 1. The molecular formula is C16H9N3. The Bertz CT molecular complexity index is 1010. The van der Waals surface area contributed by atoms with Crippen LogP contribution in [-0.4, -0.2) is 9.61 Å². The highest BCUT2D eigenvalue weighted by molar-refractivity contribution is 6.02. The fourth-order valence-electron chi connectivity index (χ4n) is 2.69. The molecule has 4 aromatic rings. The second-order valence-electron chi connectivity index (χ2n) is 4.48. The van der Waals surface area contributed by atoms with Crippen LogP contribution in [0.2, 0.25) is 0 Å². The van der Waals surface area contributed by atoms with Gasteiger partial charge in [-0.05, 0) is 12.1 Å². The summed E-state index contributed by atoms with van der Waals surface area (Å²) in [6.45, 7) is 0. The van der Waals surface area contributed by atoms with E-state index >= 15 is 0 Å². The molecule has 0 radical (unpaired) electrons. The molecule has 0 fully saturated rings. The second-order valence-corrected chi connectivity index (χ2v) is 4.48. The number of fused-ring (bicyclic) bond motifs is 5. The minimum atomic E-state index is 0.951. The Morgan fingerprint density at radius 1 is 1.00 bits per heavy atom. The lowest BCUT2D eigenvalue weighted by Crippen LogP contribution is -1.97. The van der Waals surface area contributed by atoms with E-state index in [9.17, 15) is 0 Å². The molecule has 0 aliphatic rings. The zero-order valence-corrected chi connectivity index (χ0v) is 10.0. The third-order valence-corrected chi connectivity index (χ3v) is 3.47. The van der Waals surface area contributed by atoms with Crippen LogP contribution in [-0.2, 0) is 0 Å². The van der Waals surface area contributed by atoms with Crippen molar-refractivity contribution in [2.24, 2.45) is 0 Å². The van der Waals surface area contributed by atoms with Gasteiger partial charge in [-0.15, -0.1) is 0 Å². The van der Waals surface area contributed by atoms with E-state index in [2.05, 4.69) is 11.2 Å². The van der Waals surface area contributed by atoms with E-state index in [0.29, 0.717) is 0 Å². The van der Waals surface area contributed by atoms with Crippen molar-refractivity contribution < 1.29 is 0 Å². The van der Waals surface area contributed by atoms with Gasteiger partial charge < -0.3 is 0 Å². The summed E-state index contributed by atoms with van der Waals surface area (Å²) in [4.78, 5) is 0. The Labute approximate surface area is 109 Å². The van der Waals surface area contributed by atoms with Crippen LogP contribution in [0.15, 0.2) is 48.5 Å². The largest absolute Gasteiger partial charge is 0.231 e. The summed E-state index contributed by atoms with van der Waals surface area (Å²) in [5.41, 5.74) is 3.00. The number of rotatable bonds is 0. The zero-order chi connectivity index (χ0) is 12.8. The minimum absolute atomic E-state index is 0.951. The van der Waals surface area contributed by atoms with Gasteiger partial charge in [0.25, 0.3) is 0 Å². The van der Waals surface area contributed by atoms with E-state index in [1.165, 1.54) is 0 Å².